The summed E-state index contributed by atoms with van der Waals surface area (Å²) in [5, 5.41) is 17.3. The molecule has 0 aromatic heterocycles. The summed E-state index contributed by atoms with van der Waals surface area (Å²) >= 11 is 0. The van der Waals surface area contributed by atoms with Gasteiger partial charge in [-0.1, -0.05) is 65.2 Å². The lowest BCUT2D eigenvalue weighted by atomic mass is 10.0. The van der Waals surface area contributed by atoms with Crippen LogP contribution < -0.4 is 21.4 Å². The number of nitrogens with one attached hydrogen (secondary N) is 4. The molecule has 11 heteroatoms. The van der Waals surface area contributed by atoms with Gasteiger partial charge in [-0.25, -0.2) is 5.48 Å². The van der Waals surface area contributed by atoms with Crippen molar-refractivity contribution in [1.29, 1.82) is 0 Å². The summed E-state index contributed by atoms with van der Waals surface area (Å²) in [7, 11) is 0. The third-order valence-electron chi connectivity index (χ3n) is 7.43. The zero-order chi connectivity index (χ0) is 27.9. The van der Waals surface area contributed by atoms with Crippen molar-refractivity contribution in [2.75, 3.05) is 6.54 Å². The van der Waals surface area contributed by atoms with E-state index in [0.717, 1.165) is 38.5 Å². The van der Waals surface area contributed by atoms with Crippen LogP contribution in [-0.4, -0.2) is 70.4 Å². The van der Waals surface area contributed by atoms with Crippen LogP contribution in [0, 0.1) is 0 Å². The molecule has 2 fully saturated rings. The lowest BCUT2D eigenvalue weighted by Crippen LogP contribution is -2.61. The van der Waals surface area contributed by atoms with Crippen molar-refractivity contribution in [2.45, 2.75) is 134 Å². The average molecular weight is 538 g/mol. The van der Waals surface area contributed by atoms with E-state index < -0.39 is 36.0 Å². The Labute approximate surface area is 226 Å². The second kappa shape index (κ2) is 17.0. The van der Waals surface area contributed by atoms with E-state index >= 15 is 0 Å². The number of hydroxylamine groups is 1. The fourth-order valence-electron chi connectivity index (χ4n) is 5.17. The first-order chi connectivity index (χ1) is 18.3. The Hall–Kier alpha value is -2.69. The maximum Gasteiger partial charge on any atom is 0.245 e. The number of rotatable bonds is 14. The Bertz CT molecular complexity index is 807. The van der Waals surface area contributed by atoms with E-state index in [-0.39, 0.29) is 24.1 Å². The van der Waals surface area contributed by atoms with Crippen LogP contribution >= 0.6 is 0 Å². The van der Waals surface area contributed by atoms with Gasteiger partial charge in [0.25, 0.3) is 0 Å². The SMILES string of the molecule is CCCCC[C@@H]1NC(=O)[C@@H](CCCCC)NC(=O)[C@H](CCCCCC(=O)NO)NC(=O)[C@H]2CCCN2C1=O. The van der Waals surface area contributed by atoms with Gasteiger partial charge in [-0.15, -0.1) is 0 Å². The monoisotopic (exact) mass is 537 g/mol. The van der Waals surface area contributed by atoms with Gasteiger partial charge in [0.05, 0.1) is 0 Å². The molecule has 2 heterocycles. The molecular formula is C27H47N5O6. The van der Waals surface area contributed by atoms with E-state index in [1.54, 1.807) is 10.4 Å². The Balaban J connectivity index is 2.23. The van der Waals surface area contributed by atoms with Crippen molar-refractivity contribution in [3.63, 3.8) is 0 Å². The minimum Gasteiger partial charge on any atom is -0.343 e. The minimum absolute atomic E-state index is 0.165. The molecule has 0 saturated carbocycles. The molecule has 216 valence electrons. The van der Waals surface area contributed by atoms with Crippen molar-refractivity contribution < 1.29 is 29.2 Å². The highest BCUT2D eigenvalue weighted by Gasteiger charge is 2.40. The Morgan fingerprint density at radius 3 is 1.89 bits per heavy atom. The number of fused-ring (bicyclic) bond motifs is 1. The molecule has 0 bridgehead atoms. The molecule has 2 aliphatic heterocycles. The second-order valence-corrected chi connectivity index (χ2v) is 10.5. The molecule has 4 atom stereocenters. The van der Waals surface area contributed by atoms with Crippen molar-refractivity contribution in [3.05, 3.63) is 0 Å². The van der Waals surface area contributed by atoms with Crippen molar-refractivity contribution in [3.8, 4) is 0 Å². The van der Waals surface area contributed by atoms with Crippen LogP contribution in [0.4, 0.5) is 0 Å². The summed E-state index contributed by atoms with van der Waals surface area (Å²) in [5.41, 5.74) is 1.60. The van der Waals surface area contributed by atoms with Gasteiger partial charge in [0, 0.05) is 13.0 Å². The zero-order valence-electron chi connectivity index (χ0n) is 23.1. The molecule has 0 aliphatic carbocycles. The Morgan fingerprint density at radius 2 is 1.32 bits per heavy atom. The largest absolute Gasteiger partial charge is 0.343 e. The minimum atomic E-state index is -0.854. The molecule has 0 aromatic rings. The molecule has 2 saturated heterocycles. The summed E-state index contributed by atoms with van der Waals surface area (Å²) in [5.74, 6) is -1.83. The van der Waals surface area contributed by atoms with Crippen LogP contribution in [0.5, 0.6) is 0 Å². The molecule has 5 amide bonds. The Kier molecular flexibility index (Phi) is 14.1. The number of hydrogen-bond acceptors (Lipinski definition) is 6. The number of carbonyl (C=O) groups is 5. The molecular weight excluding hydrogens is 490 g/mol. The Morgan fingerprint density at radius 1 is 0.789 bits per heavy atom. The van der Waals surface area contributed by atoms with Crippen LogP contribution in [0.1, 0.15) is 110 Å². The molecule has 0 aromatic carbocycles. The molecule has 0 unspecified atom stereocenters. The van der Waals surface area contributed by atoms with Crippen LogP contribution in [0.25, 0.3) is 0 Å². The van der Waals surface area contributed by atoms with Crippen molar-refractivity contribution >= 4 is 29.5 Å². The molecule has 5 N–H and O–H groups in total. The van der Waals surface area contributed by atoms with Crippen molar-refractivity contribution in [2.24, 2.45) is 0 Å². The van der Waals surface area contributed by atoms with Crippen LogP contribution in [0.15, 0.2) is 0 Å². The lowest BCUT2D eigenvalue weighted by Gasteiger charge is -2.32. The van der Waals surface area contributed by atoms with E-state index in [9.17, 15) is 24.0 Å². The standard InChI is InChI=1S/C27H47N5O6/c1-3-5-8-13-19-25(35)30-21(15-9-6-4-2)27(37)32-18-12-16-22(32)26(36)29-20(24(34)28-19)14-10-7-11-17-23(33)31-38/h19-22,38H,3-18H2,1-2H3,(H,28,34)(H,29,36)(H,30,35)(H,31,33)/t19-,20+,21+,22-/m1/s1. The van der Waals surface area contributed by atoms with E-state index in [1.165, 1.54) is 0 Å². The van der Waals surface area contributed by atoms with Crippen LogP contribution in [-0.2, 0) is 24.0 Å². The van der Waals surface area contributed by atoms with E-state index in [0.29, 0.717) is 57.9 Å². The first kappa shape index (κ1) is 31.5. The fraction of sp³-hybridized carbons (Fsp3) is 0.815. The lowest BCUT2D eigenvalue weighted by molar-refractivity contribution is -0.143. The van der Waals surface area contributed by atoms with E-state index in [1.807, 2.05) is 0 Å². The third kappa shape index (κ3) is 9.89. The second-order valence-electron chi connectivity index (χ2n) is 10.5. The maximum atomic E-state index is 13.6. The van der Waals surface area contributed by atoms with Gasteiger partial charge in [0.15, 0.2) is 0 Å². The summed E-state index contributed by atoms with van der Waals surface area (Å²) in [4.78, 5) is 66.4. The van der Waals surface area contributed by atoms with Crippen LogP contribution in [0.3, 0.4) is 0 Å². The summed E-state index contributed by atoms with van der Waals surface area (Å²) < 4.78 is 0. The van der Waals surface area contributed by atoms with Crippen molar-refractivity contribution in [1.82, 2.24) is 26.3 Å². The van der Waals surface area contributed by atoms with Gasteiger partial charge in [0.1, 0.15) is 24.2 Å². The fourth-order valence-corrected chi connectivity index (χ4v) is 5.17. The highest BCUT2D eigenvalue weighted by Crippen LogP contribution is 2.21. The quantitative estimate of drug-likeness (QED) is 0.130. The molecule has 38 heavy (non-hydrogen) atoms. The predicted molar refractivity (Wildman–Crippen MR) is 142 cm³/mol. The van der Waals surface area contributed by atoms with Gasteiger partial charge in [-0.05, 0) is 38.5 Å². The van der Waals surface area contributed by atoms with Gasteiger partial charge in [0.2, 0.25) is 29.5 Å². The molecule has 0 radical (unpaired) electrons. The smallest absolute Gasteiger partial charge is 0.245 e. The van der Waals surface area contributed by atoms with Gasteiger partial charge >= 0.3 is 0 Å². The number of amides is 5. The topological polar surface area (TPSA) is 157 Å². The number of carbonyl (C=O) groups excluding carboxylic acids is 5. The highest BCUT2D eigenvalue weighted by atomic mass is 16.5. The number of nitrogens with zero attached hydrogens (tertiary/aromatic N) is 1. The van der Waals surface area contributed by atoms with Gasteiger partial charge in [-0.3, -0.25) is 29.2 Å². The molecule has 0 spiro atoms. The summed E-state index contributed by atoms with van der Waals surface area (Å²) in [6.07, 6.45) is 9.69. The molecule has 2 rings (SSSR count). The van der Waals surface area contributed by atoms with E-state index in [2.05, 4.69) is 29.8 Å². The van der Waals surface area contributed by atoms with E-state index in [4.69, 9.17) is 5.21 Å². The predicted octanol–water partition coefficient (Wildman–Crippen LogP) is 2.06. The van der Waals surface area contributed by atoms with Crippen LogP contribution in [0.2, 0.25) is 0 Å². The first-order valence-electron chi connectivity index (χ1n) is 14.5. The summed E-state index contributed by atoms with van der Waals surface area (Å²) in [6.45, 7) is 4.58. The average Bonchev–Trinajstić information content (AvgIpc) is 3.40. The number of unbranched alkanes of at least 4 members (excludes halogenated alkanes) is 6. The first-order valence-corrected chi connectivity index (χ1v) is 14.5. The normalized spacial score (nSPS) is 24.6. The zero-order valence-corrected chi connectivity index (χ0v) is 23.1. The van der Waals surface area contributed by atoms with Gasteiger partial charge < -0.3 is 20.9 Å². The molecule has 11 nitrogen and oxygen atoms in total. The summed E-state index contributed by atoms with van der Waals surface area (Å²) in [6, 6.07) is -3.04. The third-order valence-corrected chi connectivity index (χ3v) is 7.43. The number of hydrogen-bond donors (Lipinski definition) is 5. The molecule has 2 aliphatic rings. The highest BCUT2D eigenvalue weighted by molar-refractivity contribution is 5.97. The maximum absolute atomic E-state index is 13.6. The van der Waals surface area contributed by atoms with Gasteiger partial charge in [-0.2, -0.15) is 0 Å².